The second-order valence-electron chi connectivity index (χ2n) is 5.52. The summed E-state index contributed by atoms with van der Waals surface area (Å²) in [7, 11) is 0. The predicted molar refractivity (Wildman–Crippen MR) is 77.9 cm³/mol. The lowest BCUT2D eigenvalue weighted by Gasteiger charge is -2.03. The molecule has 2 heteroatoms. The van der Waals surface area contributed by atoms with Gasteiger partial charge in [-0.3, -0.25) is 4.79 Å². The lowest BCUT2D eigenvalue weighted by atomic mass is 10.0. The van der Waals surface area contributed by atoms with Crippen LogP contribution in [0.4, 0.5) is 0 Å². The van der Waals surface area contributed by atoms with Gasteiger partial charge < -0.3 is 5.11 Å². The zero-order chi connectivity index (χ0) is 13.8. The molecule has 0 aliphatic heterocycles. The molecule has 1 fully saturated rings. The van der Waals surface area contributed by atoms with Crippen LogP contribution in [-0.4, -0.2) is 11.1 Å². The third kappa shape index (κ3) is 3.69. The molecule has 0 spiro atoms. The lowest BCUT2D eigenvalue weighted by Crippen LogP contribution is -2.12. The number of aliphatic carboxylic acids is 1. The first-order valence-corrected chi connectivity index (χ1v) is 7.10. The van der Waals surface area contributed by atoms with E-state index in [1.54, 1.807) is 0 Å². The summed E-state index contributed by atoms with van der Waals surface area (Å²) in [6.07, 6.45) is 7.45. The minimum Gasteiger partial charge on any atom is -0.481 e. The van der Waals surface area contributed by atoms with E-state index < -0.39 is 5.97 Å². The maximum Gasteiger partial charge on any atom is 0.306 e. The number of rotatable bonds is 6. The third-order valence-electron chi connectivity index (χ3n) is 4.15. The molecule has 1 aromatic carbocycles. The van der Waals surface area contributed by atoms with Gasteiger partial charge in [-0.1, -0.05) is 50.3 Å². The molecule has 1 N–H and O–H groups in total. The van der Waals surface area contributed by atoms with Gasteiger partial charge in [-0.2, -0.15) is 0 Å². The van der Waals surface area contributed by atoms with Gasteiger partial charge in [-0.25, -0.2) is 0 Å². The first-order valence-electron chi connectivity index (χ1n) is 7.10. The second-order valence-corrected chi connectivity index (χ2v) is 5.52. The van der Waals surface area contributed by atoms with Gasteiger partial charge in [0.1, 0.15) is 0 Å². The molecule has 0 bridgehead atoms. The molecule has 1 saturated carbocycles. The summed E-state index contributed by atoms with van der Waals surface area (Å²) >= 11 is 0. The molecule has 0 saturated heterocycles. The van der Waals surface area contributed by atoms with E-state index in [1.807, 2.05) is 6.92 Å². The Bertz CT molecular complexity index is 459. The van der Waals surface area contributed by atoms with Crippen molar-refractivity contribution in [3.05, 3.63) is 41.5 Å². The zero-order valence-corrected chi connectivity index (χ0v) is 11.7. The highest BCUT2D eigenvalue weighted by atomic mass is 16.4. The molecule has 19 heavy (non-hydrogen) atoms. The van der Waals surface area contributed by atoms with Crippen LogP contribution in [0, 0.1) is 17.8 Å². The van der Waals surface area contributed by atoms with Crippen LogP contribution >= 0.6 is 0 Å². The van der Waals surface area contributed by atoms with Gasteiger partial charge in [0.15, 0.2) is 0 Å². The smallest absolute Gasteiger partial charge is 0.306 e. The Hall–Kier alpha value is -1.57. The minimum absolute atomic E-state index is 0.192. The van der Waals surface area contributed by atoms with Crippen LogP contribution in [0.15, 0.2) is 30.3 Å². The van der Waals surface area contributed by atoms with E-state index in [0.29, 0.717) is 11.8 Å². The van der Waals surface area contributed by atoms with E-state index in [2.05, 4.69) is 43.3 Å². The van der Waals surface area contributed by atoms with Gasteiger partial charge in [0.25, 0.3) is 0 Å². The molecule has 0 aromatic heterocycles. The molecular formula is C17H22O2. The van der Waals surface area contributed by atoms with E-state index in [1.165, 1.54) is 11.1 Å². The van der Waals surface area contributed by atoms with Gasteiger partial charge in [-0.05, 0) is 42.2 Å². The lowest BCUT2D eigenvalue weighted by molar-refractivity contribution is -0.141. The van der Waals surface area contributed by atoms with E-state index in [-0.39, 0.29) is 5.92 Å². The van der Waals surface area contributed by atoms with Crippen molar-refractivity contribution in [3.8, 4) is 0 Å². The van der Waals surface area contributed by atoms with Crippen molar-refractivity contribution in [2.45, 2.75) is 33.1 Å². The van der Waals surface area contributed by atoms with Gasteiger partial charge in [0.05, 0.1) is 5.92 Å². The number of allylic oxidation sites excluding steroid dienone is 1. The van der Waals surface area contributed by atoms with E-state index >= 15 is 0 Å². The Balaban J connectivity index is 1.80. The maximum atomic E-state index is 10.9. The van der Waals surface area contributed by atoms with Crippen LogP contribution in [0.3, 0.4) is 0 Å². The third-order valence-corrected chi connectivity index (χ3v) is 4.15. The largest absolute Gasteiger partial charge is 0.481 e. The monoisotopic (exact) mass is 258 g/mol. The van der Waals surface area contributed by atoms with Gasteiger partial charge in [0, 0.05) is 0 Å². The van der Waals surface area contributed by atoms with Crippen LogP contribution in [0.1, 0.15) is 37.8 Å². The number of carboxylic acids is 1. The Labute approximate surface area is 115 Å². The van der Waals surface area contributed by atoms with Crippen molar-refractivity contribution in [1.82, 2.24) is 0 Å². The van der Waals surface area contributed by atoms with Crippen molar-refractivity contribution >= 4 is 12.0 Å². The SMILES string of the molecule is CCc1ccc(C=CCC2CC2C(C)C(=O)O)cc1. The Morgan fingerprint density at radius 2 is 2.11 bits per heavy atom. The summed E-state index contributed by atoms with van der Waals surface area (Å²) < 4.78 is 0. The summed E-state index contributed by atoms with van der Waals surface area (Å²) in [6, 6.07) is 8.59. The first-order chi connectivity index (χ1) is 9.11. The zero-order valence-electron chi connectivity index (χ0n) is 11.7. The average molecular weight is 258 g/mol. The highest BCUT2D eigenvalue weighted by molar-refractivity contribution is 5.70. The van der Waals surface area contributed by atoms with Crippen molar-refractivity contribution in [2.75, 3.05) is 0 Å². The maximum absolute atomic E-state index is 10.9. The Morgan fingerprint density at radius 3 is 2.68 bits per heavy atom. The minimum atomic E-state index is -0.661. The van der Waals surface area contributed by atoms with Crippen LogP contribution < -0.4 is 0 Å². The summed E-state index contributed by atoms with van der Waals surface area (Å²) in [5.74, 6) is 0.0933. The summed E-state index contributed by atoms with van der Waals surface area (Å²) in [5.41, 5.74) is 2.58. The molecule has 0 amide bonds. The molecule has 1 aromatic rings. The van der Waals surface area contributed by atoms with Crippen LogP contribution in [0.25, 0.3) is 6.08 Å². The molecule has 3 unspecified atom stereocenters. The quantitative estimate of drug-likeness (QED) is 0.837. The highest BCUT2D eigenvalue weighted by Gasteiger charge is 2.42. The summed E-state index contributed by atoms with van der Waals surface area (Å²) in [4.78, 5) is 10.9. The molecule has 1 aliphatic carbocycles. The average Bonchev–Trinajstić information content (AvgIpc) is 3.18. The molecule has 2 rings (SSSR count). The number of hydrogen-bond donors (Lipinski definition) is 1. The molecule has 0 radical (unpaired) electrons. The fourth-order valence-corrected chi connectivity index (χ4v) is 2.58. The summed E-state index contributed by atoms with van der Waals surface area (Å²) in [6.45, 7) is 3.97. The van der Waals surface area contributed by atoms with Gasteiger partial charge >= 0.3 is 5.97 Å². The van der Waals surface area contributed by atoms with E-state index in [0.717, 1.165) is 19.3 Å². The number of carboxylic acid groups (broad SMARTS) is 1. The second kappa shape index (κ2) is 6.05. The standard InChI is InChI=1S/C17H22O2/c1-3-13-7-9-14(10-8-13)5-4-6-15-11-16(15)12(2)17(18)19/h4-5,7-10,12,15-16H,3,6,11H2,1-2H3,(H,18,19). The molecular weight excluding hydrogens is 236 g/mol. The molecule has 102 valence electrons. The normalized spacial score (nSPS) is 23.5. The summed E-state index contributed by atoms with van der Waals surface area (Å²) in [5, 5.41) is 8.94. The number of carbonyl (C=O) groups is 1. The van der Waals surface area contributed by atoms with Gasteiger partial charge in [0.2, 0.25) is 0 Å². The van der Waals surface area contributed by atoms with Crippen molar-refractivity contribution < 1.29 is 9.90 Å². The van der Waals surface area contributed by atoms with Gasteiger partial charge in [-0.15, -0.1) is 0 Å². The van der Waals surface area contributed by atoms with Crippen molar-refractivity contribution in [1.29, 1.82) is 0 Å². The predicted octanol–water partition coefficient (Wildman–Crippen LogP) is 4.01. The molecule has 1 aliphatic rings. The van der Waals surface area contributed by atoms with Crippen LogP contribution in [-0.2, 0) is 11.2 Å². The first kappa shape index (κ1) is 13.9. The van der Waals surface area contributed by atoms with Crippen LogP contribution in [0.5, 0.6) is 0 Å². The van der Waals surface area contributed by atoms with Crippen molar-refractivity contribution in [3.63, 3.8) is 0 Å². The van der Waals surface area contributed by atoms with Crippen LogP contribution in [0.2, 0.25) is 0 Å². The Morgan fingerprint density at radius 1 is 1.42 bits per heavy atom. The van der Waals surface area contributed by atoms with E-state index in [9.17, 15) is 4.79 Å². The molecule has 3 atom stereocenters. The highest BCUT2D eigenvalue weighted by Crippen LogP contribution is 2.46. The number of aryl methyl sites for hydroxylation is 1. The van der Waals surface area contributed by atoms with Crippen molar-refractivity contribution in [2.24, 2.45) is 17.8 Å². The topological polar surface area (TPSA) is 37.3 Å². The number of benzene rings is 1. The molecule has 2 nitrogen and oxygen atoms in total. The Kier molecular flexibility index (Phi) is 4.41. The molecule has 0 heterocycles. The van der Waals surface area contributed by atoms with E-state index in [4.69, 9.17) is 5.11 Å². The number of hydrogen-bond acceptors (Lipinski definition) is 1. The fourth-order valence-electron chi connectivity index (χ4n) is 2.58. The fraction of sp³-hybridized carbons (Fsp3) is 0.471.